The number of anilines is 3. The summed E-state index contributed by atoms with van der Waals surface area (Å²) in [5.74, 6) is 0.196. The van der Waals surface area contributed by atoms with Gasteiger partial charge in [0.2, 0.25) is 5.91 Å². The number of hydrogen-bond donors (Lipinski definition) is 2. The van der Waals surface area contributed by atoms with Crippen molar-refractivity contribution in [1.29, 1.82) is 0 Å². The highest BCUT2D eigenvalue weighted by atomic mass is 16.5. The molecule has 0 aromatic heterocycles. The maximum absolute atomic E-state index is 12.4. The molecule has 0 fully saturated rings. The number of nitrogens with two attached hydrogens (primary N) is 1. The molecule has 0 unspecified atom stereocenters. The lowest BCUT2D eigenvalue weighted by molar-refractivity contribution is -0.115. The Bertz CT molecular complexity index is 701. The molecule has 0 atom stereocenters. The van der Waals surface area contributed by atoms with Crippen LogP contribution in [0.25, 0.3) is 0 Å². The minimum Gasteiger partial charge on any atom is -0.497 e. The number of carbonyl (C=O) groups is 2. The third kappa shape index (κ3) is 3.54. The Balaban J connectivity index is 2.25. The molecule has 3 N–H and O–H groups in total. The van der Waals surface area contributed by atoms with Gasteiger partial charge in [-0.15, -0.1) is 0 Å². The van der Waals surface area contributed by atoms with Crippen molar-refractivity contribution in [3.8, 4) is 5.75 Å². The fourth-order valence-corrected chi connectivity index (χ4v) is 1.99. The second kappa shape index (κ2) is 6.62. The number of nitrogens with one attached hydrogen (secondary N) is 1. The normalized spacial score (nSPS) is 9.91. The number of carbonyl (C=O) groups excluding carboxylic acids is 2. The molecule has 3 amide bonds. The van der Waals surface area contributed by atoms with E-state index >= 15 is 0 Å². The summed E-state index contributed by atoms with van der Waals surface area (Å²) < 4.78 is 5.10. The second-order valence-electron chi connectivity index (χ2n) is 4.61. The number of urea groups is 1. The van der Waals surface area contributed by atoms with E-state index < -0.39 is 11.9 Å². The molecule has 0 spiro atoms. The number of benzene rings is 2. The highest BCUT2D eigenvalue weighted by molar-refractivity contribution is 6.17. The van der Waals surface area contributed by atoms with Gasteiger partial charge in [-0.25, -0.2) is 9.69 Å². The number of methoxy groups -OCH3 is 1. The Morgan fingerprint density at radius 3 is 2.50 bits per heavy atom. The predicted molar refractivity (Wildman–Crippen MR) is 86.0 cm³/mol. The number of rotatable bonds is 3. The number of imide groups is 1. The van der Waals surface area contributed by atoms with E-state index in [1.54, 1.807) is 48.5 Å². The number of hydrogen-bond acceptors (Lipinski definition) is 4. The third-order valence-corrected chi connectivity index (χ3v) is 2.97. The van der Waals surface area contributed by atoms with E-state index in [9.17, 15) is 9.59 Å². The SMILES string of the molecule is COc1cccc(NC(=O)N(C(C)=O)c2cccc(N)c2)c1. The fraction of sp³-hybridized carbons (Fsp3) is 0.125. The van der Waals surface area contributed by atoms with E-state index in [-0.39, 0.29) is 0 Å². The average molecular weight is 299 g/mol. The van der Waals surface area contributed by atoms with Crippen molar-refractivity contribution >= 4 is 29.0 Å². The van der Waals surface area contributed by atoms with Crippen LogP contribution in [0, 0.1) is 0 Å². The van der Waals surface area contributed by atoms with Gasteiger partial charge in [0.25, 0.3) is 0 Å². The molecular weight excluding hydrogens is 282 g/mol. The summed E-state index contributed by atoms with van der Waals surface area (Å²) in [5.41, 5.74) is 7.11. The van der Waals surface area contributed by atoms with Crippen LogP contribution in [-0.4, -0.2) is 19.0 Å². The molecule has 6 nitrogen and oxygen atoms in total. The van der Waals surface area contributed by atoms with Gasteiger partial charge in [0.05, 0.1) is 12.8 Å². The quantitative estimate of drug-likeness (QED) is 0.853. The van der Waals surface area contributed by atoms with Crippen molar-refractivity contribution in [3.05, 3.63) is 48.5 Å². The lowest BCUT2D eigenvalue weighted by Crippen LogP contribution is -2.38. The molecule has 2 aromatic rings. The summed E-state index contributed by atoms with van der Waals surface area (Å²) in [6, 6.07) is 12.9. The van der Waals surface area contributed by atoms with Crippen LogP contribution < -0.4 is 20.7 Å². The minimum absolute atomic E-state index is 0.410. The Hall–Kier alpha value is -3.02. The van der Waals surface area contributed by atoms with Crippen LogP contribution in [0.5, 0.6) is 5.75 Å². The number of nitrogens with zero attached hydrogens (tertiary/aromatic N) is 1. The van der Waals surface area contributed by atoms with E-state index in [0.29, 0.717) is 22.8 Å². The average Bonchev–Trinajstić information content (AvgIpc) is 2.47. The Morgan fingerprint density at radius 1 is 1.14 bits per heavy atom. The third-order valence-electron chi connectivity index (χ3n) is 2.97. The maximum atomic E-state index is 12.4. The van der Waals surface area contributed by atoms with E-state index in [0.717, 1.165) is 4.90 Å². The molecule has 0 radical (unpaired) electrons. The first kappa shape index (κ1) is 15.4. The van der Waals surface area contributed by atoms with Crippen molar-refractivity contribution in [3.63, 3.8) is 0 Å². The van der Waals surface area contributed by atoms with Gasteiger partial charge >= 0.3 is 6.03 Å². The highest BCUT2D eigenvalue weighted by Gasteiger charge is 2.20. The van der Waals surface area contributed by atoms with Crippen LogP contribution in [0.2, 0.25) is 0 Å². The molecule has 0 saturated heterocycles. The molecule has 0 heterocycles. The van der Waals surface area contributed by atoms with Crippen LogP contribution in [0.4, 0.5) is 21.9 Å². The Kier molecular flexibility index (Phi) is 4.63. The largest absolute Gasteiger partial charge is 0.497 e. The van der Waals surface area contributed by atoms with Gasteiger partial charge in [-0.05, 0) is 30.3 Å². The van der Waals surface area contributed by atoms with E-state index in [4.69, 9.17) is 10.5 Å². The molecule has 114 valence electrons. The summed E-state index contributed by atoms with van der Waals surface area (Å²) in [7, 11) is 1.54. The van der Waals surface area contributed by atoms with Crippen molar-refractivity contribution < 1.29 is 14.3 Å². The van der Waals surface area contributed by atoms with Gasteiger partial charge in [-0.2, -0.15) is 0 Å². The van der Waals surface area contributed by atoms with Gasteiger partial charge in [-0.1, -0.05) is 12.1 Å². The van der Waals surface area contributed by atoms with Gasteiger partial charge in [0, 0.05) is 24.4 Å². The topological polar surface area (TPSA) is 84.7 Å². The molecule has 6 heteroatoms. The van der Waals surface area contributed by atoms with Crippen molar-refractivity contribution in [2.24, 2.45) is 0 Å². The van der Waals surface area contributed by atoms with Gasteiger partial charge < -0.3 is 15.8 Å². The summed E-state index contributed by atoms with van der Waals surface area (Å²) >= 11 is 0. The molecule has 0 aliphatic rings. The Labute approximate surface area is 128 Å². The predicted octanol–water partition coefficient (Wildman–Crippen LogP) is 2.86. The zero-order valence-electron chi connectivity index (χ0n) is 12.4. The number of ether oxygens (including phenoxy) is 1. The van der Waals surface area contributed by atoms with Crippen LogP contribution >= 0.6 is 0 Å². The van der Waals surface area contributed by atoms with Crippen molar-refractivity contribution in [2.75, 3.05) is 23.1 Å². The monoisotopic (exact) mass is 299 g/mol. The zero-order chi connectivity index (χ0) is 16.1. The van der Waals surface area contributed by atoms with E-state index in [1.165, 1.54) is 14.0 Å². The lowest BCUT2D eigenvalue weighted by Gasteiger charge is -2.20. The first-order chi connectivity index (χ1) is 10.5. The number of nitrogen functional groups attached to an aromatic ring is 1. The molecular formula is C16H17N3O3. The maximum Gasteiger partial charge on any atom is 0.333 e. The van der Waals surface area contributed by atoms with Crippen LogP contribution in [0.15, 0.2) is 48.5 Å². The van der Waals surface area contributed by atoms with E-state index in [2.05, 4.69) is 5.32 Å². The molecule has 2 rings (SSSR count). The van der Waals surface area contributed by atoms with Gasteiger partial charge in [-0.3, -0.25) is 4.79 Å². The van der Waals surface area contributed by atoms with Crippen LogP contribution in [-0.2, 0) is 4.79 Å². The zero-order valence-corrected chi connectivity index (χ0v) is 12.4. The molecule has 0 saturated carbocycles. The molecule has 22 heavy (non-hydrogen) atoms. The first-order valence-electron chi connectivity index (χ1n) is 6.62. The second-order valence-corrected chi connectivity index (χ2v) is 4.61. The summed E-state index contributed by atoms with van der Waals surface area (Å²) in [4.78, 5) is 25.2. The smallest absolute Gasteiger partial charge is 0.333 e. The summed E-state index contributed by atoms with van der Waals surface area (Å²) in [6.07, 6.45) is 0. The minimum atomic E-state index is -0.564. The molecule has 0 aliphatic carbocycles. The van der Waals surface area contributed by atoms with Crippen LogP contribution in [0.3, 0.4) is 0 Å². The highest BCUT2D eigenvalue weighted by Crippen LogP contribution is 2.21. The van der Waals surface area contributed by atoms with Crippen molar-refractivity contribution in [2.45, 2.75) is 6.92 Å². The van der Waals surface area contributed by atoms with Crippen molar-refractivity contribution in [1.82, 2.24) is 0 Å². The standard InChI is InChI=1S/C16H17N3O3/c1-11(20)19(14-7-3-5-12(17)9-14)16(21)18-13-6-4-8-15(10-13)22-2/h3-10H,17H2,1-2H3,(H,18,21). The first-order valence-corrected chi connectivity index (χ1v) is 6.62. The van der Waals surface area contributed by atoms with E-state index in [1.807, 2.05) is 0 Å². The molecule has 2 aromatic carbocycles. The summed E-state index contributed by atoms with van der Waals surface area (Å²) in [6.45, 7) is 1.31. The van der Waals surface area contributed by atoms with Gasteiger partial charge in [0.1, 0.15) is 5.75 Å². The lowest BCUT2D eigenvalue weighted by atomic mass is 10.2. The molecule has 0 aliphatic heterocycles. The van der Waals surface area contributed by atoms with Gasteiger partial charge in [0.15, 0.2) is 0 Å². The Morgan fingerprint density at radius 2 is 1.86 bits per heavy atom. The summed E-state index contributed by atoms with van der Waals surface area (Å²) in [5, 5.41) is 2.66. The van der Waals surface area contributed by atoms with Crippen LogP contribution in [0.1, 0.15) is 6.92 Å². The molecule has 0 bridgehead atoms. The number of amides is 3. The fourth-order valence-electron chi connectivity index (χ4n) is 1.99.